The van der Waals surface area contributed by atoms with Gasteiger partial charge in [-0.05, 0) is 45.4 Å². The van der Waals surface area contributed by atoms with Gasteiger partial charge in [-0.2, -0.15) is 5.10 Å². The van der Waals surface area contributed by atoms with E-state index in [2.05, 4.69) is 51.0 Å². The molecule has 0 amide bonds. The maximum atomic E-state index is 12.0. The van der Waals surface area contributed by atoms with Crippen LogP contribution in [0.4, 0.5) is 0 Å². The van der Waals surface area contributed by atoms with E-state index in [1.54, 1.807) is 10.7 Å². The first-order valence-corrected chi connectivity index (χ1v) is 8.04. The van der Waals surface area contributed by atoms with Crippen molar-refractivity contribution in [3.63, 3.8) is 0 Å². The molecule has 0 saturated carbocycles. The van der Waals surface area contributed by atoms with Crippen molar-refractivity contribution in [2.45, 2.75) is 34.2 Å². The first-order chi connectivity index (χ1) is 10.5. The SMILES string of the molecule is CC[NH+](CC)CCn1nc(-c2cc(C)ccc2C)ccc1=O. The molecule has 0 aliphatic rings. The molecule has 0 saturated heterocycles. The number of nitrogens with zero attached hydrogens (tertiary/aromatic N) is 2. The second kappa shape index (κ2) is 7.36. The average molecular weight is 300 g/mol. The Labute approximate surface area is 132 Å². The molecule has 1 aromatic carbocycles. The largest absolute Gasteiger partial charge is 0.334 e. The number of benzene rings is 1. The number of hydrogen-bond donors (Lipinski definition) is 1. The first kappa shape index (κ1) is 16.4. The molecular formula is C18H26N3O+. The van der Waals surface area contributed by atoms with Crippen LogP contribution in [0.15, 0.2) is 35.1 Å². The van der Waals surface area contributed by atoms with Gasteiger partial charge in [0.1, 0.15) is 0 Å². The van der Waals surface area contributed by atoms with Crippen molar-refractivity contribution in [1.29, 1.82) is 0 Å². The minimum Gasteiger partial charge on any atom is -0.334 e. The number of hydrogen-bond acceptors (Lipinski definition) is 2. The lowest BCUT2D eigenvalue weighted by atomic mass is 10.0. The van der Waals surface area contributed by atoms with Gasteiger partial charge in [-0.25, -0.2) is 4.68 Å². The van der Waals surface area contributed by atoms with Gasteiger partial charge in [-0.3, -0.25) is 4.79 Å². The van der Waals surface area contributed by atoms with Gasteiger partial charge in [0, 0.05) is 11.6 Å². The minimum absolute atomic E-state index is 0.0272. The highest BCUT2D eigenvalue weighted by Crippen LogP contribution is 2.21. The molecule has 0 aliphatic heterocycles. The summed E-state index contributed by atoms with van der Waals surface area (Å²) in [7, 11) is 0. The number of nitrogens with one attached hydrogen (secondary N) is 1. The van der Waals surface area contributed by atoms with Gasteiger partial charge in [0.25, 0.3) is 5.56 Å². The summed E-state index contributed by atoms with van der Waals surface area (Å²) in [6.45, 7) is 12.2. The molecule has 22 heavy (non-hydrogen) atoms. The lowest BCUT2D eigenvalue weighted by Crippen LogP contribution is -3.11. The van der Waals surface area contributed by atoms with Gasteiger partial charge in [-0.1, -0.05) is 17.7 Å². The Morgan fingerprint density at radius 2 is 1.82 bits per heavy atom. The van der Waals surface area contributed by atoms with Crippen molar-refractivity contribution in [3.05, 3.63) is 51.8 Å². The molecule has 4 nitrogen and oxygen atoms in total. The molecule has 118 valence electrons. The molecule has 4 heteroatoms. The number of quaternary nitrogens is 1. The zero-order chi connectivity index (χ0) is 16.1. The second-order valence-electron chi connectivity index (χ2n) is 5.81. The van der Waals surface area contributed by atoms with Gasteiger partial charge in [0.2, 0.25) is 0 Å². The summed E-state index contributed by atoms with van der Waals surface area (Å²) in [5.74, 6) is 0. The van der Waals surface area contributed by atoms with Gasteiger partial charge >= 0.3 is 0 Å². The molecule has 0 bridgehead atoms. The van der Waals surface area contributed by atoms with E-state index in [0.717, 1.165) is 30.9 Å². The van der Waals surface area contributed by atoms with Crippen LogP contribution < -0.4 is 10.5 Å². The Morgan fingerprint density at radius 3 is 2.50 bits per heavy atom. The number of aryl methyl sites for hydroxylation is 2. The summed E-state index contributed by atoms with van der Waals surface area (Å²) >= 11 is 0. The fourth-order valence-electron chi connectivity index (χ4n) is 2.63. The molecule has 2 rings (SSSR count). The summed E-state index contributed by atoms with van der Waals surface area (Å²) < 4.78 is 1.60. The third kappa shape index (κ3) is 3.83. The van der Waals surface area contributed by atoms with Crippen LogP contribution in [0.25, 0.3) is 11.3 Å². The van der Waals surface area contributed by atoms with E-state index < -0.39 is 0 Å². The molecule has 2 aromatic rings. The van der Waals surface area contributed by atoms with Gasteiger partial charge in [0.05, 0.1) is 31.9 Å². The van der Waals surface area contributed by atoms with Gasteiger partial charge in [-0.15, -0.1) is 0 Å². The van der Waals surface area contributed by atoms with E-state index in [9.17, 15) is 4.79 Å². The lowest BCUT2D eigenvalue weighted by Gasteiger charge is -2.16. The topological polar surface area (TPSA) is 39.3 Å². The molecule has 0 aliphatic carbocycles. The quantitative estimate of drug-likeness (QED) is 0.877. The van der Waals surface area contributed by atoms with E-state index >= 15 is 0 Å². The smallest absolute Gasteiger partial charge is 0.266 e. The monoisotopic (exact) mass is 300 g/mol. The third-order valence-corrected chi connectivity index (χ3v) is 4.21. The average Bonchev–Trinajstić information content (AvgIpc) is 2.52. The van der Waals surface area contributed by atoms with Crippen LogP contribution in [-0.2, 0) is 6.54 Å². The van der Waals surface area contributed by atoms with Crippen LogP contribution in [-0.4, -0.2) is 29.4 Å². The van der Waals surface area contributed by atoms with Crippen LogP contribution in [0.5, 0.6) is 0 Å². The normalized spacial score (nSPS) is 11.1. The fraction of sp³-hybridized carbons (Fsp3) is 0.444. The Morgan fingerprint density at radius 1 is 1.09 bits per heavy atom. The van der Waals surface area contributed by atoms with Crippen molar-refractivity contribution < 1.29 is 4.90 Å². The van der Waals surface area contributed by atoms with Crippen LogP contribution >= 0.6 is 0 Å². The highest BCUT2D eigenvalue weighted by Gasteiger charge is 2.09. The van der Waals surface area contributed by atoms with E-state index in [1.807, 2.05) is 6.07 Å². The molecule has 0 radical (unpaired) electrons. The van der Waals surface area contributed by atoms with Crippen LogP contribution in [0.1, 0.15) is 25.0 Å². The third-order valence-electron chi connectivity index (χ3n) is 4.21. The summed E-state index contributed by atoms with van der Waals surface area (Å²) in [6, 6.07) is 9.77. The van der Waals surface area contributed by atoms with Crippen molar-refractivity contribution in [3.8, 4) is 11.3 Å². The maximum Gasteiger partial charge on any atom is 0.266 e. The van der Waals surface area contributed by atoms with Crippen molar-refractivity contribution in [2.75, 3.05) is 19.6 Å². The zero-order valence-electron chi connectivity index (χ0n) is 14.0. The number of likely N-dealkylation sites (N-methyl/N-ethyl adjacent to an activating group) is 1. The standard InChI is InChI=1S/C18H25N3O/c1-5-20(6-2)11-12-21-18(22)10-9-17(19-21)16-13-14(3)7-8-15(16)4/h7-10,13H,5-6,11-12H2,1-4H3/p+1. The summed E-state index contributed by atoms with van der Waals surface area (Å²) in [4.78, 5) is 13.5. The zero-order valence-corrected chi connectivity index (χ0v) is 14.0. The molecule has 1 heterocycles. The molecular weight excluding hydrogens is 274 g/mol. The van der Waals surface area contributed by atoms with Crippen molar-refractivity contribution in [2.24, 2.45) is 0 Å². The highest BCUT2D eigenvalue weighted by molar-refractivity contribution is 5.63. The Kier molecular flexibility index (Phi) is 5.50. The van der Waals surface area contributed by atoms with Crippen LogP contribution in [0.3, 0.4) is 0 Å². The number of aromatic nitrogens is 2. The summed E-state index contributed by atoms with van der Waals surface area (Å²) in [5, 5.41) is 4.58. The molecule has 0 atom stereocenters. The Balaban J connectivity index is 2.30. The van der Waals surface area contributed by atoms with Crippen molar-refractivity contribution in [1.82, 2.24) is 9.78 Å². The Bertz CT molecular complexity index is 687. The highest BCUT2D eigenvalue weighted by atomic mass is 16.1. The molecule has 1 N–H and O–H groups in total. The summed E-state index contributed by atoms with van der Waals surface area (Å²) in [6.07, 6.45) is 0. The molecule has 0 unspecified atom stereocenters. The van der Waals surface area contributed by atoms with E-state index in [0.29, 0.717) is 6.54 Å². The molecule has 0 spiro atoms. The van der Waals surface area contributed by atoms with Crippen LogP contribution in [0.2, 0.25) is 0 Å². The van der Waals surface area contributed by atoms with Gasteiger partial charge in [0.15, 0.2) is 0 Å². The summed E-state index contributed by atoms with van der Waals surface area (Å²) in [5.41, 5.74) is 4.32. The van der Waals surface area contributed by atoms with Crippen LogP contribution in [0, 0.1) is 13.8 Å². The van der Waals surface area contributed by atoms with E-state index in [1.165, 1.54) is 16.0 Å². The maximum absolute atomic E-state index is 12.0. The predicted octanol–water partition coefficient (Wildman–Crippen LogP) is 1.45. The minimum atomic E-state index is -0.0272. The van der Waals surface area contributed by atoms with E-state index in [4.69, 9.17) is 0 Å². The van der Waals surface area contributed by atoms with Crippen molar-refractivity contribution >= 4 is 0 Å². The fourth-order valence-corrected chi connectivity index (χ4v) is 2.63. The number of rotatable bonds is 6. The lowest BCUT2D eigenvalue weighted by molar-refractivity contribution is -0.897. The Hall–Kier alpha value is -1.94. The first-order valence-electron chi connectivity index (χ1n) is 8.04. The predicted molar refractivity (Wildman–Crippen MR) is 90.3 cm³/mol. The second-order valence-corrected chi connectivity index (χ2v) is 5.81. The van der Waals surface area contributed by atoms with Gasteiger partial charge < -0.3 is 4.90 Å². The van der Waals surface area contributed by atoms with E-state index in [-0.39, 0.29) is 5.56 Å². The molecule has 1 aromatic heterocycles. The molecule has 0 fully saturated rings.